The number of aliphatic hydroxyl groups is 1. The molecule has 1 aliphatic rings. The molecule has 112 valence electrons. The highest BCUT2D eigenvalue weighted by atomic mass is 32.2. The number of hydrogen-bond donors (Lipinski definition) is 2. The molecule has 1 aromatic rings. The fourth-order valence-electron chi connectivity index (χ4n) is 2.02. The Bertz CT molecular complexity index is 597. The van der Waals surface area contributed by atoms with Gasteiger partial charge < -0.3 is 15.0 Å². The summed E-state index contributed by atoms with van der Waals surface area (Å²) in [5.74, 6) is 0.141. The number of carbonyl (C=O) groups excluding carboxylic acids is 1. The van der Waals surface area contributed by atoms with Gasteiger partial charge in [-0.05, 0) is 6.42 Å². The summed E-state index contributed by atoms with van der Waals surface area (Å²) in [5, 5.41) is 12.4. The summed E-state index contributed by atoms with van der Waals surface area (Å²) in [6, 6.07) is -0.275. The molecule has 0 radical (unpaired) electrons. The Hall–Kier alpha value is -1.06. The minimum Gasteiger partial charge on any atom is -0.390 e. The number of aromatic nitrogens is 2. The molecule has 0 bridgehead atoms. The van der Waals surface area contributed by atoms with Crippen molar-refractivity contribution >= 4 is 27.5 Å². The molecule has 0 spiro atoms. The van der Waals surface area contributed by atoms with Gasteiger partial charge in [0.25, 0.3) is 0 Å². The van der Waals surface area contributed by atoms with Crippen molar-refractivity contribution in [3.63, 3.8) is 0 Å². The van der Waals surface area contributed by atoms with Crippen molar-refractivity contribution in [1.29, 1.82) is 0 Å². The number of sulfone groups is 1. The van der Waals surface area contributed by atoms with Crippen LogP contribution in [0.2, 0.25) is 0 Å². The number of carbonyl (C=O) groups is 1. The highest BCUT2D eigenvalue weighted by Crippen LogP contribution is 2.17. The first-order valence-electron chi connectivity index (χ1n) is 6.15. The minimum absolute atomic E-state index is 0.0282. The summed E-state index contributed by atoms with van der Waals surface area (Å²) in [6.07, 6.45) is 2.04. The Kier molecular flexibility index (Phi) is 4.71. The van der Waals surface area contributed by atoms with Gasteiger partial charge in [0.05, 0.1) is 35.8 Å². The number of nitrogens with one attached hydrogen (secondary N) is 1. The number of amides is 1. The van der Waals surface area contributed by atoms with Gasteiger partial charge in [0.1, 0.15) is 0 Å². The molecule has 9 heteroatoms. The van der Waals surface area contributed by atoms with Gasteiger partial charge in [-0.1, -0.05) is 11.8 Å². The second-order valence-corrected chi connectivity index (χ2v) is 7.88. The van der Waals surface area contributed by atoms with Crippen molar-refractivity contribution in [3.05, 3.63) is 11.9 Å². The Labute approximate surface area is 121 Å². The van der Waals surface area contributed by atoms with Crippen LogP contribution in [0.15, 0.2) is 11.4 Å². The van der Waals surface area contributed by atoms with E-state index in [0.717, 1.165) is 0 Å². The van der Waals surface area contributed by atoms with E-state index < -0.39 is 9.84 Å². The third-order valence-corrected chi connectivity index (χ3v) is 5.95. The minimum atomic E-state index is -2.98. The lowest BCUT2D eigenvalue weighted by Crippen LogP contribution is -2.36. The van der Waals surface area contributed by atoms with Crippen molar-refractivity contribution in [2.75, 3.05) is 17.3 Å². The van der Waals surface area contributed by atoms with Gasteiger partial charge in [0, 0.05) is 13.1 Å². The standard InChI is InChI=1S/C11H17N3O4S2/c1-14-9(5-15)4-12-11(14)19-6-10(16)13-8-2-3-20(17,18)7-8/h4,8,15H,2-3,5-7H2,1H3,(H,13,16). The zero-order valence-corrected chi connectivity index (χ0v) is 12.7. The first kappa shape index (κ1) is 15.3. The Morgan fingerprint density at radius 1 is 1.65 bits per heavy atom. The number of nitrogens with zero attached hydrogens (tertiary/aromatic N) is 2. The van der Waals surface area contributed by atoms with Crippen molar-refractivity contribution in [2.45, 2.75) is 24.2 Å². The lowest BCUT2D eigenvalue weighted by Gasteiger charge is -2.10. The molecule has 1 atom stereocenters. The van der Waals surface area contributed by atoms with E-state index in [1.165, 1.54) is 11.8 Å². The molecule has 1 amide bonds. The fourth-order valence-corrected chi connectivity index (χ4v) is 4.47. The highest BCUT2D eigenvalue weighted by Gasteiger charge is 2.28. The van der Waals surface area contributed by atoms with Crippen LogP contribution < -0.4 is 5.32 Å². The third-order valence-electron chi connectivity index (χ3n) is 3.13. The third kappa shape index (κ3) is 3.74. The van der Waals surface area contributed by atoms with Crippen molar-refractivity contribution in [2.24, 2.45) is 7.05 Å². The molecule has 7 nitrogen and oxygen atoms in total. The smallest absolute Gasteiger partial charge is 0.230 e. The number of imidazole rings is 1. The van der Waals surface area contributed by atoms with E-state index in [9.17, 15) is 13.2 Å². The van der Waals surface area contributed by atoms with E-state index in [2.05, 4.69) is 10.3 Å². The first-order valence-corrected chi connectivity index (χ1v) is 8.96. The molecule has 2 N–H and O–H groups in total. The van der Waals surface area contributed by atoms with Crippen LogP contribution in [0.4, 0.5) is 0 Å². The molecule has 0 aliphatic carbocycles. The summed E-state index contributed by atoms with van der Waals surface area (Å²) in [5.41, 5.74) is 0.676. The normalized spacial score (nSPS) is 21.0. The maximum absolute atomic E-state index is 11.8. The Morgan fingerprint density at radius 2 is 2.40 bits per heavy atom. The summed E-state index contributed by atoms with van der Waals surface area (Å²) in [7, 11) is -1.21. The molecule has 1 aliphatic heterocycles. The van der Waals surface area contributed by atoms with E-state index in [1.807, 2.05) is 0 Å². The average Bonchev–Trinajstić information content (AvgIpc) is 2.90. The lowest BCUT2D eigenvalue weighted by molar-refractivity contribution is -0.119. The predicted molar refractivity (Wildman–Crippen MR) is 75.1 cm³/mol. The van der Waals surface area contributed by atoms with Crippen LogP contribution >= 0.6 is 11.8 Å². The Morgan fingerprint density at radius 3 is 2.95 bits per heavy atom. The zero-order chi connectivity index (χ0) is 14.8. The van der Waals surface area contributed by atoms with Crippen LogP contribution in [0.25, 0.3) is 0 Å². The largest absolute Gasteiger partial charge is 0.390 e. The van der Waals surface area contributed by atoms with Crippen LogP contribution in [0.1, 0.15) is 12.1 Å². The van der Waals surface area contributed by atoms with Crippen LogP contribution in [0.3, 0.4) is 0 Å². The molecule has 1 fully saturated rings. The van der Waals surface area contributed by atoms with Gasteiger partial charge in [-0.2, -0.15) is 0 Å². The van der Waals surface area contributed by atoms with E-state index in [1.54, 1.807) is 17.8 Å². The molecule has 1 unspecified atom stereocenters. The fraction of sp³-hybridized carbons (Fsp3) is 0.636. The van der Waals surface area contributed by atoms with E-state index in [4.69, 9.17) is 5.11 Å². The average molecular weight is 319 g/mol. The molecular formula is C11H17N3O4S2. The first-order chi connectivity index (χ1) is 9.41. The van der Waals surface area contributed by atoms with Gasteiger partial charge in [0.2, 0.25) is 5.91 Å². The SMILES string of the molecule is Cn1c(CO)cnc1SCC(=O)NC1CCS(=O)(=O)C1. The van der Waals surface area contributed by atoms with Gasteiger partial charge in [-0.3, -0.25) is 4.79 Å². The van der Waals surface area contributed by atoms with Crippen LogP contribution in [-0.4, -0.2) is 52.3 Å². The zero-order valence-electron chi connectivity index (χ0n) is 11.1. The molecule has 0 saturated carbocycles. The summed E-state index contributed by atoms with van der Waals surface area (Å²) >= 11 is 1.25. The van der Waals surface area contributed by atoms with Crippen molar-refractivity contribution in [3.8, 4) is 0 Å². The van der Waals surface area contributed by atoms with Gasteiger partial charge >= 0.3 is 0 Å². The number of aliphatic hydroxyl groups excluding tert-OH is 1. The summed E-state index contributed by atoms with van der Waals surface area (Å²) < 4.78 is 24.3. The van der Waals surface area contributed by atoms with Crippen LogP contribution in [0.5, 0.6) is 0 Å². The molecule has 1 saturated heterocycles. The van der Waals surface area contributed by atoms with Gasteiger partial charge in [-0.15, -0.1) is 0 Å². The molecule has 0 aromatic carbocycles. The van der Waals surface area contributed by atoms with Gasteiger partial charge in [-0.25, -0.2) is 13.4 Å². The number of hydrogen-bond acceptors (Lipinski definition) is 6. The van der Waals surface area contributed by atoms with E-state index in [0.29, 0.717) is 17.3 Å². The summed E-state index contributed by atoms with van der Waals surface area (Å²) in [4.78, 5) is 15.9. The molecule has 20 heavy (non-hydrogen) atoms. The number of thioether (sulfide) groups is 1. The van der Waals surface area contributed by atoms with Crippen molar-refractivity contribution < 1.29 is 18.3 Å². The highest BCUT2D eigenvalue weighted by molar-refractivity contribution is 7.99. The second-order valence-electron chi connectivity index (χ2n) is 4.71. The topological polar surface area (TPSA) is 101 Å². The second kappa shape index (κ2) is 6.15. The Balaban J connectivity index is 1.82. The molecule has 1 aromatic heterocycles. The molecule has 2 rings (SSSR count). The quantitative estimate of drug-likeness (QED) is 0.697. The van der Waals surface area contributed by atoms with Crippen molar-refractivity contribution in [1.82, 2.24) is 14.9 Å². The maximum Gasteiger partial charge on any atom is 0.230 e. The van der Waals surface area contributed by atoms with E-state index in [-0.39, 0.29) is 35.8 Å². The predicted octanol–water partition coefficient (Wildman–Crippen LogP) is -0.692. The van der Waals surface area contributed by atoms with Crippen LogP contribution in [0, 0.1) is 0 Å². The maximum atomic E-state index is 11.8. The van der Waals surface area contributed by atoms with E-state index >= 15 is 0 Å². The monoisotopic (exact) mass is 319 g/mol. The lowest BCUT2D eigenvalue weighted by atomic mass is 10.3. The molecule has 2 heterocycles. The van der Waals surface area contributed by atoms with Crippen LogP contribution in [-0.2, 0) is 28.3 Å². The summed E-state index contributed by atoms with van der Waals surface area (Å²) in [6.45, 7) is -0.101. The number of rotatable bonds is 5. The molecular weight excluding hydrogens is 302 g/mol. The van der Waals surface area contributed by atoms with Gasteiger partial charge in [0.15, 0.2) is 15.0 Å².